The second-order valence-corrected chi connectivity index (χ2v) is 13.1. The van der Waals surface area contributed by atoms with Crippen molar-refractivity contribution in [3.05, 3.63) is 40.6 Å². The summed E-state index contributed by atoms with van der Waals surface area (Å²) < 4.78 is 2.04. The van der Waals surface area contributed by atoms with E-state index in [1.807, 2.05) is 0 Å². The van der Waals surface area contributed by atoms with Crippen molar-refractivity contribution in [2.24, 2.45) is 0 Å². The van der Waals surface area contributed by atoms with Crippen molar-refractivity contribution in [3.63, 3.8) is 0 Å². The average Bonchev–Trinajstić information content (AvgIpc) is 2.95. The van der Waals surface area contributed by atoms with Crippen LogP contribution in [-0.4, -0.2) is 15.0 Å². The lowest BCUT2D eigenvalue weighted by Crippen LogP contribution is -2.20. The number of nitrogens with zero attached hydrogens (tertiary/aromatic N) is 3. The Bertz CT molecular complexity index is 880. The van der Waals surface area contributed by atoms with Crippen molar-refractivity contribution in [2.45, 2.75) is 60.0 Å². The number of hydrogen-bond acceptors (Lipinski definition) is 4. The maximum Gasteiger partial charge on any atom is 0.250 e. The lowest BCUT2D eigenvalue weighted by molar-refractivity contribution is 0.528. The summed E-state index contributed by atoms with van der Waals surface area (Å²) in [5, 5.41) is 0. The Hall–Kier alpha value is -0.230. The molecule has 160 valence electrons. The fourth-order valence-electron chi connectivity index (χ4n) is 2.69. The van der Waals surface area contributed by atoms with Gasteiger partial charge in [0.05, 0.1) is 6.26 Å². The van der Waals surface area contributed by atoms with Crippen LogP contribution in [-0.2, 0) is 18.4 Å². The third kappa shape index (κ3) is 6.38. The zero-order valence-electron chi connectivity index (χ0n) is 16.7. The molecule has 0 saturated heterocycles. The molecule has 4 nitrogen and oxygen atoms in total. The van der Waals surface area contributed by atoms with Crippen LogP contribution in [0.4, 0.5) is 0 Å². The standard InChI is InChI=1S/C19H21Cl6N3O/c1-16(2,3)10-9-29-11(13(10)17(4,5)6)7-8-12-26-14(18(20,21)22)28-15(27-12)19(23,24)25/h7-9H,1-6H3/b8-7+. The summed E-state index contributed by atoms with van der Waals surface area (Å²) in [4.78, 5) is 12.3. The highest BCUT2D eigenvalue weighted by Gasteiger charge is 2.34. The summed E-state index contributed by atoms with van der Waals surface area (Å²) >= 11 is 35.5. The normalized spacial score (nSPS) is 14.1. The Morgan fingerprint density at radius 2 is 1.21 bits per heavy atom. The SMILES string of the molecule is CC(C)(C)c1coc(/C=C/c2nc(C(Cl)(Cl)Cl)nc(C(Cl)(Cl)Cl)n2)c1C(C)(C)C. The van der Waals surface area contributed by atoms with Gasteiger partial charge in [-0.05, 0) is 23.0 Å². The maximum absolute atomic E-state index is 5.91. The van der Waals surface area contributed by atoms with E-state index in [1.54, 1.807) is 18.4 Å². The maximum atomic E-state index is 5.91. The van der Waals surface area contributed by atoms with Crippen LogP contribution in [0.5, 0.6) is 0 Å². The molecule has 0 aromatic carbocycles. The van der Waals surface area contributed by atoms with E-state index in [4.69, 9.17) is 74.0 Å². The van der Waals surface area contributed by atoms with E-state index in [1.165, 1.54) is 0 Å². The van der Waals surface area contributed by atoms with Gasteiger partial charge in [0, 0.05) is 11.1 Å². The van der Waals surface area contributed by atoms with E-state index in [9.17, 15) is 0 Å². The predicted octanol–water partition coefficient (Wildman–Crippen LogP) is 7.88. The number of alkyl halides is 6. The zero-order valence-corrected chi connectivity index (χ0v) is 21.3. The molecule has 0 unspecified atom stereocenters. The highest BCUT2D eigenvalue weighted by Crippen LogP contribution is 2.41. The lowest BCUT2D eigenvalue weighted by Gasteiger charge is -2.26. The zero-order chi connectivity index (χ0) is 22.4. The fourth-order valence-corrected chi connectivity index (χ4v) is 3.20. The largest absolute Gasteiger partial charge is 0.464 e. The molecule has 0 amide bonds. The number of furan rings is 1. The van der Waals surface area contributed by atoms with Crippen LogP contribution in [0.15, 0.2) is 10.7 Å². The Morgan fingerprint density at radius 3 is 1.59 bits per heavy atom. The van der Waals surface area contributed by atoms with Crippen LogP contribution in [0.3, 0.4) is 0 Å². The first-order chi connectivity index (χ1) is 12.9. The molecular formula is C19H21Cl6N3O. The van der Waals surface area contributed by atoms with Gasteiger partial charge in [0.1, 0.15) is 5.76 Å². The Labute approximate surface area is 200 Å². The van der Waals surface area contributed by atoms with Crippen LogP contribution in [0, 0.1) is 0 Å². The van der Waals surface area contributed by atoms with Gasteiger partial charge in [-0.1, -0.05) is 111 Å². The molecule has 2 aromatic heterocycles. The molecule has 10 heteroatoms. The summed E-state index contributed by atoms with van der Waals surface area (Å²) in [5.74, 6) is 0.540. The van der Waals surface area contributed by atoms with Crippen molar-refractivity contribution in [1.29, 1.82) is 0 Å². The van der Waals surface area contributed by atoms with Gasteiger partial charge in [0.25, 0.3) is 0 Å². The molecule has 0 fully saturated rings. The molecule has 29 heavy (non-hydrogen) atoms. The molecule has 0 atom stereocenters. The summed E-state index contributed by atoms with van der Waals surface area (Å²) in [5.41, 5.74) is 1.96. The number of halogens is 6. The summed E-state index contributed by atoms with van der Waals surface area (Å²) in [7, 11) is 0. The molecule has 0 aliphatic carbocycles. The average molecular weight is 520 g/mol. The van der Waals surface area contributed by atoms with E-state index in [2.05, 4.69) is 56.5 Å². The van der Waals surface area contributed by atoms with Gasteiger partial charge in [0.15, 0.2) is 17.5 Å². The quantitative estimate of drug-likeness (QED) is 0.378. The minimum Gasteiger partial charge on any atom is -0.464 e. The minimum absolute atomic E-state index is 0.0866. The van der Waals surface area contributed by atoms with Gasteiger partial charge in [-0.25, -0.2) is 15.0 Å². The molecule has 2 rings (SSSR count). The third-order valence-electron chi connectivity index (χ3n) is 3.92. The van der Waals surface area contributed by atoms with Crippen molar-refractivity contribution in [2.75, 3.05) is 0 Å². The van der Waals surface area contributed by atoms with Crippen LogP contribution >= 0.6 is 69.6 Å². The van der Waals surface area contributed by atoms with Gasteiger partial charge in [0.2, 0.25) is 7.59 Å². The van der Waals surface area contributed by atoms with Crippen LogP contribution < -0.4 is 0 Å². The molecule has 2 heterocycles. The van der Waals surface area contributed by atoms with Gasteiger partial charge in [-0.15, -0.1) is 0 Å². The van der Waals surface area contributed by atoms with Crippen LogP contribution in [0.25, 0.3) is 12.2 Å². The van der Waals surface area contributed by atoms with Crippen molar-refractivity contribution < 1.29 is 4.42 Å². The first-order valence-electron chi connectivity index (χ1n) is 8.61. The second kappa shape index (κ2) is 8.37. The number of rotatable bonds is 2. The molecule has 0 aliphatic rings. The van der Waals surface area contributed by atoms with Crippen molar-refractivity contribution >= 4 is 81.8 Å². The fraction of sp³-hybridized carbons (Fsp3) is 0.526. The first-order valence-corrected chi connectivity index (χ1v) is 10.9. The molecule has 0 spiro atoms. The Kier molecular flexibility index (Phi) is 7.22. The molecule has 0 radical (unpaired) electrons. The second-order valence-electron chi connectivity index (χ2n) is 8.56. The molecule has 0 aliphatic heterocycles. The molecule has 2 aromatic rings. The van der Waals surface area contributed by atoms with E-state index < -0.39 is 7.59 Å². The Balaban J connectivity index is 2.59. The Morgan fingerprint density at radius 1 is 0.724 bits per heavy atom. The van der Waals surface area contributed by atoms with E-state index in [-0.39, 0.29) is 28.3 Å². The monoisotopic (exact) mass is 517 g/mol. The lowest BCUT2D eigenvalue weighted by atomic mass is 9.76. The van der Waals surface area contributed by atoms with Crippen LogP contribution in [0.2, 0.25) is 0 Å². The van der Waals surface area contributed by atoms with E-state index >= 15 is 0 Å². The van der Waals surface area contributed by atoms with E-state index in [0.717, 1.165) is 11.1 Å². The van der Waals surface area contributed by atoms with Crippen LogP contribution in [0.1, 0.15) is 75.9 Å². The van der Waals surface area contributed by atoms with Gasteiger partial charge in [-0.3, -0.25) is 0 Å². The topological polar surface area (TPSA) is 51.8 Å². The highest BCUT2D eigenvalue weighted by atomic mass is 35.6. The molecule has 0 bridgehead atoms. The van der Waals surface area contributed by atoms with Gasteiger partial charge >= 0.3 is 0 Å². The van der Waals surface area contributed by atoms with E-state index in [0.29, 0.717) is 5.76 Å². The van der Waals surface area contributed by atoms with Crippen molar-refractivity contribution in [1.82, 2.24) is 15.0 Å². The molecular weight excluding hydrogens is 499 g/mol. The molecule has 0 saturated carbocycles. The summed E-state index contributed by atoms with van der Waals surface area (Å²) in [6.45, 7) is 12.8. The van der Waals surface area contributed by atoms with Gasteiger partial charge in [-0.2, -0.15) is 0 Å². The highest BCUT2D eigenvalue weighted by molar-refractivity contribution is 6.67. The number of aromatic nitrogens is 3. The summed E-state index contributed by atoms with van der Waals surface area (Å²) in [6.07, 6.45) is 5.12. The minimum atomic E-state index is -1.91. The number of hydrogen-bond donors (Lipinski definition) is 0. The third-order valence-corrected chi connectivity index (χ3v) is 4.94. The summed E-state index contributed by atoms with van der Waals surface area (Å²) in [6, 6.07) is 0. The van der Waals surface area contributed by atoms with Crippen molar-refractivity contribution in [3.8, 4) is 0 Å². The first kappa shape index (κ1) is 25.0. The predicted molar refractivity (Wildman–Crippen MR) is 123 cm³/mol. The molecule has 0 N–H and O–H groups in total. The smallest absolute Gasteiger partial charge is 0.250 e. The van der Waals surface area contributed by atoms with Gasteiger partial charge < -0.3 is 4.42 Å².